The molecule has 0 heterocycles. The minimum atomic E-state index is 0.364. The van der Waals surface area contributed by atoms with Gasteiger partial charge in [0.05, 0.1) is 0 Å². The van der Waals surface area contributed by atoms with Crippen molar-refractivity contribution in [1.82, 2.24) is 0 Å². The van der Waals surface area contributed by atoms with Crippen molar-refractivity contribution in [3.8, 4) is 12.3 Å². The van der Waals surface area contributed by atoms with E-state index < -0.39 is 0 Å². The van der Waals surface area contributed by atoms with Gasteiger partial charge in [-0.3, -0.25) is 0 Å². The van der Waals surface area contributed by atoms with E-state index in [2.05, 4.69) is 32.8 Å². The SMILES string of the molecule is C#CCC1(C)CCC/C(=C\CC)C1CC. The lowest BCUT2D eigenvalue weighted by molar-refractivity contribution is 0.164. The molecule has 15 heavy (non-hydrogen) atoms. The van der Waals surface area contributed by atoms with E-state index in [0.29, 0.717) is 5.41 Å². The Balaban J connectivity index is 2.89. The molecule has 0 aromatic carbocycles. The summed E-state index contributed by atoms with van der Waals surface area (Å²) in [6, 6.07) is 0. The molecule has 1 rings (SSSR count). The number of rotatable bonds is 3. The van der Waals surface area contributed by atoms with Crippen LogP contribution in [0.3, 0.4) is 0 Å². The highest BCUT2D eigenvalue weighted by Gasteiger charge is 2.36. The van der Waals surface area contributed by atoms with Gasteiger partial charge in [0.2, 0.25) is 0 Å². The van der Waals surface area contributed by atoms with E-state index in [9.17, 15) is 0 Å². The molecule has 0 spiro atoms. The Labute approximate surface area is 95.2 Å². The third-order valence-corrected chi connectivity index (χ3v) is 3.88. The zero-order chi connectivity index (χ0) is 11.3. The first kappa shape index (κ1) is 12.4. The van der Waals surface area contributed by atoms with E-state index >= 15 is 0 Å². The highest BCUT2D eigenvalue weighted by molar-refractivity contribution is 5.15. The van der Waals surface area contributed by atoms with Gasteiger partial charge >= 0.3 is 0 Å². The van der Waals surface area contributed by atoms with Crippen LogP contribution in [0.2, 0.25) is 0 Å². The Morgan fingerprint density at radius 2 is 2.27 bits per heavy atom. The fourth-order valence-corrected chi connectivity index (χ4v) is 3.20. The van der Waals surface area contributed by atoms with Gasteiger partial charge in [0.1, 0.15) is 0 Å². The molecule has 0 heteroatoms. The van der Waals surface area contributed by atoms with Gasteiger partial charge < -0.3 is 0 Å². The topological polar surface area (TPSA) is 0 Å². The Hall–Kier alpha value is -0.700. The first-order valence-electron chi connectivity index (χ1n) is 6.30. The van der Waals surface area contributed by atoms with Crippen molar-refractivity contribution in [1.29, 1.82) is 0 Å². The Morgan fingerprint density at radius 3 is 2.80 bits per heavy atom. The number of allylic oxidation sites excluding steroid dienone is 2. The lowest BCUT2D eigenvalue weighted by Gasteiger charge is -2.42. The summed E-state index contributed by atoms with van der Waals surface area (Å²) in [7, 11) is 0. The van der Waals surface area contributed by atoms with Crippen LogP contribution in [0.1, 0.15) is 59.3 Å². The van der Waals surface area contributed by atoms with Crippen LogP contribution in [0, 0.1) is 23.7 Å². The molecule has 84 valence electrons. The van der Waals surface area contributed by atoms with E-state index in [1.54, 1.807) is 5.57 Å². The summed E-state index contributed by atoms with van der Waals surface area (Å²) >= 11 is 0. The summed E-state index contributed by atoms with van der Waals surface area (Å²) in [5, 5.41) is 0. The summed E-state index contributed by atoms with van der Waals surface area (Å²) in [5.74, 6) is 3.60. The predicted octanol–water partition coefficient (Wildman–Crippen LogP) is 4.56. The number of hydrogen-bond donors (Lipinski definition) is 0. The summed E-state index contributed by atoms with van der Waals surface area (Å²) in [4.78, 5) is 0. The summed E-state index contributed by atoms with van der Waals surface area (Å²) < 4.78 is 0. The Morgan fingerprint density at radius 1 is 1.53 bits per heavy atom. The molecule has 0 amide bonds. The van der Waals surface area contributed by atoms with Crippen molar-refractivity contribution < 1.29 is 0 Å². The van der Waals surface area contributed by atoms with Crippen LogP contribution in [0.5, 0.6) is 0 Å². The van der Waals surface area contributed by atoms with E-state index in [4.69, 9.17) is 6.42 Å². The number of hydrogen-bond acceptors (Lipinski definition) is 0. The second-order valence-electron chi connectivity index (χ2n) is 5.04. The smallest absolute Gasteiger partial charge is 0.0146 e. The fraction of sp³-hybridized carbons (Fsp3) is 0.733. The zero-order valence-electron chi connectivity index (χ0n) is 10.5. The van der Waals surface area contributed by atoms with Crippen molar-refractivity contribution in [2.75, 3.05) is 0 Å². The molecule has 2 unspecified atom stereocenters. The molecular formula is C15H24. The van der Waals surface area contributed by atoms with E-state index in [1.807, 2.05) is 0 Å². The second kappa shape index (κ2) is 5.40. The summed E-state index contributed by atoms with van der Waals surface area (Å²) in [6.07, 6.45) is 15.2. The first-order valence-corrected chi connectivity index (χ1v) is 6.30. The van der Waals surface area contributed by atoms with Crippen molar-refractivity contribution in [2.24, 2.45) is 11.3 Å². The monoisotopic (exact) mass is 204 g/mol. The molecule has 0 bridgehead atoms. The van der Waals surface area contributed by atoms with Crippen LogP contribution in [0.4, 0.5) is 0 Å². The molecule has 1 aliphatic rings. The highest BCUT2D eigenvalue weighted by Crippen LogP contribution is 2.47. The van der Waals surface area contributed by atoms with Crippen LogP contribution in [-0.4, -0.2) is 0 Å². The van der Waals surface area contributed by atoms with E-state index in [0.717, 1.165) is 18.8 Å². The molecule has 1 saturated carbocycles. The van der Waals surface area contributed by atoms with Gasteiger partial charge in [-0.1, -0.05) is 32.4 Å². The first-order chi connectivity index (χ1) is 7.18. The lowest BCUT2D eigenvalue weighted by Crippen LogP contribution is -2.32. The molecule has 0 saturated heterocycles. The normalized spacial score (nSPS) is 34.0. The predicted molar refractivity (Wildman–Crippen MR) is 67.6 cm³/mol. The minimum absolute atomic E-state index is 0.364. The average Bonchev–Trinajstić information content (AvgIpc) is 2.18. The molecule has 0 aromatic heterocycles. The van der Waals surface area contributed by atoms with Gasteiger partial charge in [-0.25, -0.2) is 0 Å². The van der Waals surface area contributed by atoms with Gasteiger partial charge in [0.25, 0.3) is 0 Å². The second-order valence-corrected chi connectivity index (χ2v) is 5.04. The van der Waals surface area contributed by atoms with Gasteiger partial charge in [-0.15, -0.1) is 12.3 Å². The molecule has 0 aromatic rings. The molecule has 2 atom stereocenters. The van der Waals surface area contributed by atoms with Crippen LogP contribution in [0.15, 0.2) is 11.6 Å². The van der Waals surface area contributed by atoms with Crippen molar-refractivity contribution in [3.63, 3.8) is 0 Å². The highest BCUT2D eigenvalue weighted by atomic mass is 14.4. The maximum atomic E-state index is 5.51. The van der Waals surface area contributed by atoms with Gasteiger partial charge in [0.15, 0.2) is 0 Å². The zero-order valence-corrected chi connectivity index (χ0v) is 10.5. The lowest BCUT2D eigenvalue weighted by atomic mass is 9.62. The van der Waals surface area contributed by atoms with Crippen LogP contribution < -0.4 is 0 Å². The van der Waals surface area contributed by atoms with E-state index in [-0.39, 0.29) is 0 Å². The Bertz CT molecular complexity index is 266. The van der Waals surface area contributed by atoms with Crippen molar-refractivity contribution in [3.05, 3.63) is 11.6 Å². The minimum Gasteiger partial charge on any atom is -0.120 e. The summed E-state index contributed by atoms with van der Waals surface area (Å²) in [6.45, 7) is 6.91. The van der Waals surface area contributed by atoms with Crippen LogP contribution >= 0.6 is 0 Å². The molecule has 0 radical (unpaired) electrons. The molecule has 0 N–H and O–H groups in total. The van der Waals surface area contributed by atoms with Gasteiger partial charge in [-0.2, -0.15) is 0 Å². The van der Waals surface area contributed by atoms with Crippen molar-refractivity contribution in [2.45, 2.75) is 59.3 Å². The molecular weight excluding hydrogens is 180 g/mol. The third-order valence-electron chi connectivity index (χ3n) is 3.88. The average molecular weight is 204 g/mol. The molecule has 0 aliphatic heterocycles. The largest absolute Gasteiger partial charge is 0.120 e. The van der Waals surface area contributed by atoms with Gasteiger partial charge in [-0.05, 0) is 43.4 Å². The quantitative estimate of drug-likeness (QED) is 0.467. The summed E-state index contributed by atoms with van der Waals surface area (Å²) in [5.41, 5.74) is 2.03. The van der Waals surface area contributed by atoms with Crippen LogP contribution in [-0.2, 0) is 0 Å². The molecule has 1 fully saturated rings. The van der Waals surface area contributed by atoms with E-state index in [1.165, 1.54) is 25.7 Å². The molecule has 1 aliphatic carbocycles. The standard InChI is InChI=1S/C15H24/c1-5-9-13-10-8-12-15(4,11-6-2)14(13)7-3/h2,9,14H,5,7-8,10-12H2,1,3-4H3/b13-9+. The van der Waals surface area contributed by atoms with Crippen molar-refractivity contribution >= 4 is 0 Å². The third kappa shape index (κ3) is 2.65. The molecule has 0 nitrogen and oxygen atoms in total. The maximum absolute atomic E-state index is 5.51. The van der Waals surface area contributed by atoms with Crippen LogP contribution in [0.25, 0.3) is 0 Å². The number of terminal acetylenes is 1. The van der Waals surface area contributed by atoms with Gasteiger partial charge in [0, 0.05) is 6.42 Å². The fourth-order valence-electron chi connectivity index (χ4n) is 3.20. The Kier molecular flexibility index (Phi) is 4.45. The maximum Gasteiger partial charge on any atom is 0.0146 e.